The maximum atomic E-state index is 13.0. The first kappa shape index (κ1) is 22.3. The van der Waals surface area contributed by atoms with Gasteiger partial charge >= 0.3 is 0 Å². The van der Waals surface area contributed by atoms with E-state index < -0.39 is 10.0 Å². The predicted octanol–water partition coefficient (Wildman–Crippen LogP) is 4.48. The number of rotatable bonds is 6. The fourth-order valence-corrected chi connectivity index (χ4v) is 5.59. The van der Waals surface area contributed by atoms with Crippen LogP contribution in [0.2, 0.25) is 0 Å². The zero-order chi connectivity index (χ0) is 21.9. The van der Waals surface area contributed by atoms with Crippen LogP contribution < -0.4 is 14.8 Å². The van der Waals surface area contributed by atoms with Gasteiger partial charge in [0.25, 0.3) is 5.91 Å². The van der Waals surface area contributed by atoms with E-state index in [-0.39, 0.29) is 28.2 Å². The van der Waals surface area contributed by atoms with Crippen LogP contribution in [-0.2, 0) is 10.0 Å². The Morgan fingerprint density at radius 1 is 1.00 bits per heavy atom. The van der Waals surface area contributed by atoms with E-state index in [1.165, 1.54) is 19.2 Å². The normalized spacial score (nSPS) is 15.1. The van der Waals surface area contributed by atoms with Crippen molar-refractivity contribution in [3.8, 4) is 5.75 Å². The molecule has 0 atom stereocenters. The Morgan fingerprint density at radius 2 is 1.63 bits per heavy atom. The highest BCUT2D eigenvalue weighted by molar-refractivity contribution is 7.89. The number of hydrogen-bond donors (Lipinski definition) is 2. The van der Waals surface area contributed by atoms with E-state index in [0.717, 1.165) is 54.5 Å². The Hall–Kier alpha value is -2.38. The quantitative estimate of drug-likeness (QED) is 0.707. The van der Waals surface area contributed by atoms with Gasteiger partial charge in [0.05, 0.1) is 7.11 Å². The number of nitrogens with one attached hydrogen (secondary N) is 2. The molecule has 0 unspecified atom stereocenters. The molecule has 0 heterocycles. The van der Waals surface area contributed by atoms with Crippen molar-refractivity contribution >= 4 is 21.6 Å². The highest BCUT2D eigenvalue weighted by Crippen LogP contribution is 2.28. The molecular weight excluding hydrogens is 400 g/mol. The number of benzene rings is 2. The van der Waals surface area contributed by atoms with Gasteiger partial charge in [0.1, 0.15) is 10.6 Å². The second-order valence-corrected chi connectivity index (χ2v) is 9.73. The number of ether oxygens (including phenoxy) is 1. The average molecular weight is 431 g/mol. The van der Waals surface area contributed by atoms with E-state index >= 15 is 0 Å². The molecule has 2 aromatic carbocycles. The minimum atomic E-state index is -3.81. The maximum Gasteiger partial charge on any atom is 0.255 e. The van der Waals surface area contributed by atoms with Crippen LogP contribution in [0.5, 0.6) is 5.75 Å². The summed E-state index contributed by atoms with van der Waals surface area (Å²) in [6.07, 6.45) is 4.82. The summed E-state index contributed by atoms with van der Waals surface area (Å²) in [6.45, 7) is 5.88. The van der Waals surface area contributed by atoms with Gasteiger partial charge in [-0.25, -0.2) is 13.1 Å². The molecule has 3 rings (SSSR count). The predicted molar refractivity (Wildman–Crippen MR) is 119 cm³/mol. The van der Waals surface area contributed by atoms with Crippen molar-refractivity contribution in [3.05, 3.63) is 52.6 Å². The highest BCUT2D eigenvalue weighted by atomic mass is 32.2. The lowest BCUT2D eigenvalue weighted by atomic mass is 9.96. The number of anilines is 1. The van der Waals surface area contributed by atoms with Gasteiger partial charge < -0.3 is 10.1 Å². The van der Waals surface area contributed by atoms with Gasteiger partial charge in [0, 0.05) is 17.3 Å². The van der Waals surface area contributed by atoms with Crippen LogP contribution in [0.4, 0.5) is 5.69 Å². The van der Waals surface area contributed by atoms with E-state index in [2.05, 4.69) is 10.0 Å². The van der Waals surface area contributed by atoms with E-state index in [4.69, 9.17) is 4.74 Å². The van der Waals surface area contributed by atoms with E-state index in [1.807, 2.05) is 32.9 Å². The summed E-state index contributed by atoms with van der Waals surface area (Å²) in [5, 5.41) is 2.92. The van der Waals surface area contributed by atoms with E-state index in [0.29, 0.717) is 0 Å². The molecule has 1 saturated carbocycles. The number of methoxy groups -OCH3 is 1. The van der Waals surface area contributed by atoms with Crippen molar-refractivity contribution in [2.45, 2.75) is 63.8 Å². The molecule has 0 aliphatic heterocycles. The first-order chi connectivity index (χ1) is 14.2. The molecule has 0 radical (unpaired) electrons. The van der Waals surface area contributed by atoms with Crippen LogP contribution in [0.1, 0.15) is 59.2 Å². The second kappa shape index (κ2) is 9.18. The summed E-state index contributed by atoms with van der Waals surface area (Å²) >= 11 is 0. The fourth-order valence-electron chi connectivity index (χ4n) is 4.09. The summed E-state index contributed by atoms with van der Waals surface area (Å²) in [6, 6.07) is 8.41. The molecule has 6 nitrogen and oxygen atoms in total. The number of sulfonamides is 1. The van der Waals surface area contributed by atoms with Crippen LogP contribution in [0.3, 0.4) is 0 Å². The Balaban J connectivity index is 1.89. The molecular formula is C23H30N2O4S. The lowest BCUT2D eigenvalue weighted by molar-refractivity contribution is 0.102. The fraction of sp³-hybridized carbons (Fsp3) is 0.435. The molecule has 0 saturated heterocycles. The molecule has 162 valence electrons. The summed E-state index contributed by atoms with van der Waals surface area (Å²) in [7, 11) is -2.38. The average Bonchev–Trinajstić information content (AvgIpc) is 2.70. The van der Waals surface area contributed by atoms with Gasteiger partial charge in [0.2, 0.25) is 10.0 Å². The summed E-state index contributed by atoms with van der Waals surface area (Å²) < 4.78 is 34.1. The molecule has 0 aromatic heterocycles. The van der Waals surface area contributed by atoms with Crippen molar-refractivity contribution < 1.29 is 17.9 Å². The minimum Gasteiger partial charge on any atom is -0.495 e. The van der Waals surface area contributed by atoms with Gasteiger partial charge in [-0.1, -0.05) is 37.0 Å². The minimum absolute atomic E-state index is 0.0134. The smallest absolute Gasteiger partial charge is 0.255 e. The van der Waals surface area contributed by atoms with Gasteiger partial charge in [-0.15, -0.1) is 0 Å². The van der Waals surface area contributed by atoms with Crippen molar-refractivity contribution in [2.75, 3.05) is 12.4 Å². The molecule has 7 heteroatoms. The van der Waals surface area contributed by atoms with Crippen LogP contribution in [0.15, 0.2) is 35.2 Å². The molecule has 1 aliphatic rings. The third-order valence-electron chi connectivity index (χ3n) is 5.56. The number of hydrogen-bond acceptors (Lipinski definition) is 4. The van der Waals surface area contributed by atoms with Crippen LogP contribution >= 0.6 is 0 Å². The van der Waals surface area contributed by atoms with Gasteiger partial charge in [-0.3, -0.25) is 4.79 Å². The number of carbonyl (C=O) groups is 1. The molecule has 0 spiro atoms. The maximum absolute atomic E-state index is 13.0. The van der Waals surface area contributed by atoms with Crippen LogP contribution in [0.25, 0.3) is 0 Å². The van der Waals surface area contributed by atoms with Gasteiger partial charge in [0.15, 0.2) is 0 Å². The van der Waals surface area contributed by atoms with Crippen molar-refractivity contribution in [3.63, 3.8) is 0 Å². The molecule has 1 aliphatic carbocycles. The lowest BCUT2D eigenvalue weighted by Gasteiger charge is -2.23. The summed E-state index contributed by atoms with van der Waals surface area (Å²) in [5.41, 5.74) is 4.04. The summed E-state index contributed by atoms with van der Waals surface area (Å²) in [5.74, 6) is -0.139. The lowest BCUT2D eigenvalue weighted by Crippen LogP contribution is -2.36. The first-order valence-corrected chi connectivity index (χ1v) is 11.8. The van der Waals surface area contributed by atoms with Crippen LogP contribution in [-0.4, -0.2) is 27.5 Å². The summed E-state index contributed by atoms with van der Waals surface area (Å²) in [4.78, 5) is 12.9. The van der Waals surface area contributed by atoms with E-state index in [9.17, 15) is 13.2 Å². The Bertz CT molecular complexity index is 1020. The molecule has 1 amide bonds. The van der Waals surface area contributed by atoms with E-state index in [1.54, 1.807) is 6.07 Å². The topological polar surface area (TPSA) is 84.5 Å². The largest absolute Gasteiger partial charge is 0.495 e. The third kappa shape index (κ3) is 5.02. The van der Waals surface area contributed by atoms with Crippen molar-refractivity contribution in [2.24, 2.45) is 0 Å². The van der Waals surface area contributed by atoms with Gasteiger partial charge in [-0.2, -0.15) is 0 Å². The zero-order valence-electron chi connectivity index (χ0n) is 18.0. The molecule has 0 bridgehead atoms. The van der Waals surface area contributed by atoms with Crippen LogP contribution in [0, 0.1) is 20.8 Å². The highest BCUT2D eigenvalue weighted by Gasteiger charge is 2.26. The number of aryl methyl sites for hydroxylation is 3. The monoisotopic (exact) mass is 430 g/mol. The molecule has 30 heavy (non-hydrogen) atoms. The molecule has 1 fully saturated rings. The third-order valence-corrected chi connectivity index (χ3v) is 7.10. The van der Waals surface area contributed by atoms with Gasteiger partial charge in [-0.05, 0) is 62.9 Å². The molecule has 2 aromatic rings. The van der Waals surface area contributed by atoms with Crippen molar-refractivity contribution in [1.29, 1.82) is 0 Å². The Morgan fingerprint density at radius 3 is 2.23 bits per heavy atom. The first-order valence-electron chi connectivity index (χ1n) is 10.3. The SMILES string of the molecule is COc1ccc(C(=O)Nc2c(C)cc(C)cc2C)cc1S(=O)(=O)NC1CCCCC1. The zero-order valence-corrected chi connectivity index (χ0v) is 18.9. The standard InChI is InChI=1S/C23H30N2O4S/c1-15-12-16(2)22(17(3)13-15)24-23(26)18-10-11-20(29-4)21(14-18)30(27,28)25-19-8-6-5-7-9-19/h10-14,19,25H,5-9H2,1-4H3,(H,24,26). The Labute approximate surface area is 179 Å². The number of carbonyl (C=O) groups excluding carboxylic acids is 1. The van der Waals surface area contributed by atoms with Crippen molar-refractivity contribution in [1.82, 2.24) is 4.72 Å². The Kier molecular flexibility index (Phi) is 6.83. The number of amides is 1. The second-order valence-electron chi connectivity index (χ2n) is 8.05. The molecule has 2 N–H and O–H groups in total.